The van der Waals surface area contributed by atoms with Crippen molar-refractivity contribution in [2.75, 3.05) is 7.11 Å². The predicted octanol–water partition coefficient (Wildman–Crippen LogP) is -0.252. The molecule has 1 aliphatic carbocycles. The number of ether oxygens (including phenoxy) is 1. The molecular weight excluding hydrogens is 258 g/mol. The first-order valence-electron chi connectivity index (χ1n) is 5.75. The third-order valence-corrected chi connectivity index (χ3v) is 4.69. The molecule has 18 heavy (non-hydrogen) atoms. The lowest BCUT2D eigenvalue weighted by molar-refractivity contribution is 0.107. The van der Waals surface area contributed by atoms with Crippen molar-refractivity contribution < 1.29 is 18.3 Å². The van der Waals surface area contributed by atoms with Crippen LogP contribution < -0.4 is 4.72 Å². The van der Waals surface area contributed by atoms with E-state index in [2.05, 4.69) is 14.9 Å². The second kappa shape index (κ2) is 5.35. The van der Waals surface area contributed by atoms with Gasteiger partial charge in [-0.25, -0.2) is 13.1 Å². The minimum Gasteiger partial charge on any atom is -0.392 e. The third kappa shape index (κ3) is 2.72. The van der Waals surface area contributed by atoms with Crippen molar-refractivity contribution in [3.8, 4) is 0 Å². The van der Waals surface area contributed by atoms with Gasteiger partial charge in [-0.15, -0.1) is 0 Å². The number of aliphatic hydroxyl groups excluding tert-OH is 1. The number of hydrogen-bond donors (Lipinski definition) is 3. The van der Waals surface area contributed by atoms with E-state index in [-0.39, 0.29) is 29.3 Å². The molecule has 1 heterocycles. The maximum absolute atomic E-state index is 12.1. The molecule has 0 amide bonds. The van der Waals surface area contributed by atoms with E-state index >= 15 is 0 Å². The molecule has 2 atom stereocenters. The van der Waals surface area contributed by atoms with E-state index in [0.717, 1.165) is 12.8 Å². The molecule has 0 aromatic carbocycles. The van der Waals surface area contributed by atoms with Crippen LogP contribution in [0.15, 0.2) is 11.2 Å². The summed E-state index contributed by atoms with van der Waals surface area (Å²) in [5.41, 5.74) is 0.267. The monoisotopic (exact) mass is 275 g/mol. The number of aromatic amines is 1. The highest BCUT2D eigenvalue weighted by molar-refractivity contribution is 7.89. The first kappa shape index (κ1) is 13.5. The van der Waals surface area contributed by atoms with Crippen LogP contribution in [0.2, 0.25) is 0 Å². The van der Waals surface area contributed by atoms with Gasteiger partial charge < -0.3 is 9.84 Å². The Morgan fingerprint density at radius 3 is 3.00 bits per heavy atom. The smallest absolute Gasteiger partial charge is 0.258 e. The van der Waals surface area contributed by atoms with Crippen LogP contribution in [-0.2, 0) is 21.4 Å². The zero-order valence-electron chi connectivity index (χ0n) is 10.1. The molecule has 102 valence electrons. The van der Waals surface area contributed by atoms with Gasteiger partial charge in [0.1, 0.15) is 0 Å². The standard InChI is InChI=1S/C10H17N3O4S/c1-17-9-3-2-8(4-9)13-18(15,16)10-7(6-14)5-11-12-10/h5,8-9,13-14H,2-4,6H2,1H3,(H,11,12). The van der Waals surface area contributed by atoms with Gasteiger partial charge >= 0.3 is 0 Å². The van der Waals surface area contributed by atoms with Crippen LogP contribution in [0, 0.1) is 0 Å². The highest BCUT2D eigenvalue weighted by Gasteiger charge is 2.30. The van der Waals surface area contributed by atoms with Crippen LogP contribution in [0.3, 0.4) is 0 Å². The van der Waals surface area contributed by atoms with Crippen LogP contribution in [0.25, 0.3) is 0 Å². The summed E-state index contributed by atoms with van der Waals surface area (Å²) in [4.78, 5) is 0. The molecule has 2 rings (SSSR count). The summed E-state index contributed by atoms with van der Waals surface area (Å²) in [5.74, 6) is 0. The van der Waals surface area contributed by atoms with Gasteiger partial charge in [0.25, 0.3) is 10.0 Å². The van der Waals surface area contributed by atoms with E-state index in [1.807, 2.05) is 0 Å². The molecule has 1 aromatic rings. The first-order valence-corrected chi connectivity index (χ1v) is 7.23. The molecule has 8 heteroatoms. The number of sulfonamides is 1. The Balaban J connectivity index is 2.09. The van der Waals surface area contributed by atoms with Crippen molar-refractivity contribution in [1.29, 1.82) is 0 Å². The summed E-state index contributed by atoms with van der Waals surface area (Å²) < 4.78 is 32.0. The van der Waals surface area contributed by atoms with Crippen molar-refractivity contribution in [3.63, 3.8) is 0 Å². The number of rotatable bonds is 5. The Bertz CT molecular complexity index is 499. The fourth-order valence-corrected chi connectivity index (χ4v) is 3.59. The summed E-state index contributed by atoms with van der Waals surface area (Å²) >= 11 is 0. The SMILES string of the molecule is COC1CCC(NS(=O)(=O)c2[nH]ncc2CO)C1. The number of methoxy groups -OCH3 is 1. The van der Waals surface area contributed by atoms with Gasteiger partial charge in [0, 0.05) is 18.7 Å². The number of aromatic nitrogens is 2. The van der Waals surface area contributed by atoms with Crippen LogP contribution in [-0.4, -0.2) is 43.0 Å². The number of aliphatic hydroxyl groups is 1. The van der Waals surface area contributed by atoms with Crippen molar-refractivity contribution >= 4 is 10.0 Å². The average Bonchev–Trinajstić information content (AvgIpc) is 2.96. The normalized spacial score (nSPS) is 24.6. The molecule has 1 fully saturated rings. The van der Waals surface area contributed by atoms with E-state index in [1.54, 1.807) is 7.11 Å². The molecule has 3 N–H and O–H groups in total. The molecule has 1 aromatic heterocycles. The Kier molecular flexibility index (Phi) is 4.00. The fraction of sp³-hybridized carbons (Fsp3) is 0.700. The highest BCUT2D eigenvalue weighted by Crippen LogP contribution is 2.23. The van der Waals surface area contributed by atoms with Crippen molar-refractivity contribution in [3.05, 3.63) is 11.8 Å². The zero-order valence-corrected chi connectivity index (χ0v) is 10.9. The number of H-pyrrole nitrogens is 1. The molecular formula is C10H17N3O4S. The van der Waals surface area contributed by atoms with E-state index in [1.165, 1.54) is 6.20 Å². The predicted molar refractivity (Wildman–Crippen MR) is 63.3 cm³/mol. The molecule has 0 spiro atoms. The van der Waals surface area contributed by atoms with Crippen molar-refractivity contribution in [1.82, 2.24) is 14.9 Å². The molecule has 0 aliphatic heterocycles. The molecule has 1 aliphatic rings. The first-order chi connectivity index (χ1) is 8.56. The lowest BCUT2D eigenvalue weighted by Gasteiger charge is -2.13. The topological polar surface area (TPSA) is 104 Å². The Morgan fingerprint density at radius 2 is 2.39 bits per heavy atom. The second-order valence-corrected chi connectivity index (χ2v) is 6.02. The number of hydrogen-bond acceptors (Lipinski definition) is 5. The van der Waals surface area contributed by atoms with Crippen molar-refractivity contribution in [2.24, 2.45) is 0 Å². The summed E-state index contributed by atoms with van der Waals surface area (Å²) in [6, 6.07) is -0.130. The Labute approximate surface area is 106 Å². The van der Waals surface area contributed by atoms with Gasteiger partial charge in [-0.1, -0.05) is 0 Å². The summed E-state index contributed by atoms with van der Waals surface area (Å²) in [6.07, 6.45) is 3.68. The van der Waals surface area contributed by atoms with Gasteiger partial charge in [-0.2, -0.15) is 5.10 Å². The largest absolute Gasteiger partial charge is 0.392 e. The molecule has 1 saturated carbocycles. The van der Waals surface area contributed by atoms with Gasteiger partial charge in [0.05, 0.1) is 18.9 Å². The van der Waals surface area contributed by atoms with E-state index in [4.69, 9.17) is 9.84 Å². The second-order valence-electron chi connectivity index (χ2n) is 4.37. The van der Waals surface area contributed by atoms with Crippen molar-refractivity contribution in [2.45, 2.75) is 43.0 Å². The van der Waals surface area contributed by atoms with Crippen LogP contribution >= 0.6 is 0 Å². The Morgan fingerprint density at radius 1 is 1.61 bits per heavy atom. The maximum atomic E-state index is 12.1. The summed E-state index contributed by atoms with van der Waals surface area (Å²) in [7, 11) is -2.03. The fourth-order valence-electron chi connectivity index (χ4n) is 2.18. The van der Waals surface area contributed by atoms with E-state index in [0.29, 0.717) is 6.42 Å². The van der Waals surface area contributed by atoms with Crippen LogP contribution in [0.4, 0.5) is 0 Å². The van der Waals surface area contributed by atoms with E-state index < -0.39 is 10.0 Å². The number of nitrogens with zero attached hydrogens (tertiary/aromatic N) is 1. The minimum atomic E-state index is -3.66. The molecule has 0 radical (unpaired) electrons. The van der Waals surface area contributed by atoms with Crippen LogP contribution in [0.5, 0.6) is 0 Å². The zero-order chi connectivity index (χ0) is 13.2. The number of nitrogens with one attached hydrogen (secondary N) is 2. The minimum absolute atomic E-state index is 0.0640. The van der Waals surface area contributed by atoms with E-state index in [9.17, 15) is 8.42 Å². The quantitative estimate of drug-likeness (QED) is 0.687. The van der Waals surface area contributed by atoms with Gasteiger partial charge in [-0.05, 0) is 19.3 Å². The Hall–Kier alpha value is -0.960. The lowest BCUT2D eigenvalue weighted by atomic mass is 10.3. The molecule has 2 unspecified atom stereocenters. The third-order valence-electron chi connectivity index (χ3n) is 3.16. The summed E-state index contributed by atoms with van der Waals surface area (Å²) in [6.45, 7) is -0.363. The van der Waals surface area contributed by atoms with Crippen LogP contribution in [0.1, 0.15) is 24.8 Å². The summed E-state index contributed by atoms with van der Waals surface area (Å²) in [5, 5.41) is 15.0. The molecule has 0 bridgehead atoms. The van der Waals surface area contributed by atoms with Gasteiger partial charge in [-0.3, -0.25) is 5.10 Å². The highest BCUT2D eigenvalue weighted by atomic mass is 32.2. The maximum Gasteiger partial charge on any atom is 0.258 e. The van der Waals surface area contributed by atoms with Gasteiger partial charge in [0.2, 0.25) is 0 Å². The molecule has 0 saturated heterocycles. The average molecular weight is 275 g/mol. The lowest BCUT2D eigenvalue weighted by Crippen LogP contribution is -2.34. The van der Waals surface area contributed by atoms with Gasteiger partial charge in [0.15, 0.2) is 5.03 Å². The molecule has 7 nitrogen and oxygen atoms in total.